The molecule has 1 rings (SSSR count). The van der Waals surface area contributed by atoms with Gasteiger partial charge in [-0.25, -0.2) is 4.98 Å². The van der Waals surface area contributed by atoms with Gasteiger partial charge in [-0.1, -0.05) is 6.92 Å². The number of aromatic nitrogens is 1. The Morgan fingerprint density at radius 1 is 1.57 bits per heavy atom. The molecule has 0 amide bonds. The third-order valence-corrected chi connectivity index (χ3v) is 2.09. The third-order valence-electron chi connectivity index (χ3n) is 2.09. The molecule has 0 saturated heterocycles. The van der Waals surface area contributed by atoms with Gasteiger partial charge in [0.1, 0.15) is 0 Å². The molecule has 0 saturated carbocycles. The highest BCUT2D eigenvalue weighted by atomic mass is 19.1. The lowest BCUT2D eigenvalue weighted by atomic mass is 10.2. The summed E-state index contributed by atoms with van der Waals surface area (Å²) < 4.78 is 12.8. The van der Waals surface area contributed by atoms with Crippen LogP contribution in [0, 0.1) is 5.95 Å². The fourth-order valence-electron chi connectivity index (χ4n) is 1.33. The average molecular weight is 197 g/mol. The van der Waals surface area contributed by atoms with Crippen LogP contribution in [0.1, 0.15) is 12.5 Å². The standard InChI is InChI=1S/C10H16FN3/c1-2-14(6-4-12)8-9-3-5-13-10(11)7-9/h3,5,7H,2,4,6,8,12H2,1H3. The van der Waals surface area contributed by atoms with E-state index in [1.54, 1.807) is 0 Å². The van der Waals surface area contributed by atoms with Crippen LogP contribution in [0.25, 0.3) is 0 Å². The molecule has 0 radical (unpaired) electrons. The highest BCUT2D eigenvalue weighted by molar-refractivity contribution is 5.10. The summed E-state index contributed by atoms with van der Waals surface area (Å²) in [5, 5.41) is 0. The van der Waals surface area contributed by atoms with Crippen LogP contribution in [0.4, 0.5) is 4.39 Å². The van der Waals surface area contributed by atoms with Crippen LogP contribution in [0.2, 0.25) is 0 Å². The van der Waals surface area contributed by atoms with Gasteiger partial charge in [-0.3, -0.25) is 4.90 Å². The van der Waals surface area contributed by atoms with Crippen molar-refractivity contribution in [2.75, 3.05) is 19.6 Å². The van der Waals surface area contributed by atoms with E-state index in [2.05, 4.69) is 16.8 Å². The van der Waals surface area contributed by atoms with E-state index in [1.807, 2.05) is 6.07 Å². The normalized spacial score (nSPS) is 10.9. The quantitative estimate of drug-likeness (QED) is 0.716. The number of rotatable bonds is 5. The molecule has 0 unspecified atom stereocenters. The topological polar surface area (TPSA) is 42.1 Å². The Labute approximate surface area is 83.7 Å². The Hall–Kier alpha value is -1.00. The maximum atomic E-state index is 12.8. The van der Waals surface area contributed by atoms with E-state index in [0.717, 1.165) is 25.2 Å². The van der Waals surface area contributed by atoms with Crippen molar-refractivity contribution in [1.82, 2.24) is 9.88 Å². The summed E-state index contributed by atoms with van der Waals surface area (Å²) in [5.41, 5.74) is 6.40. The fourth-order valence-corrected chi connectivity index (χ4v) is 1.33. The maximum Gasteiger partial charge on any atom is 0.213 e. The van der Waals surface area contributed by atoms with Crippen molar-refractivity contribution in [3.05, 3.63) is 29.8 Å². The lowest BCUT2D eigenvalue weighted by molar-refractivity contribution is 0.287. The summed E-state index contributed by atoms with van der Waals surface area (Å²) >= 11 is 0. The molecule has 1 aromatic heterocycles. The van der Waals surface area contributed by atoms with Gasteiger partial charge in [-0.05, 0) is 24.2 Å². The molecule has 3 nitrogen and oxygen atoms in total. The molecular formula is C10H16FN3. The first-order valence-corrected chi connectivity index (χ1v) is 4.79. The zero-order valence-electron chi connectivity index (χ0n) is 8.41. The highest BCUT2D eigenvalue weighted by Gasteiger charge is 2.03. The van der Waals surface area contributed by atoms with Crippen LogP contribution in [-0.4, -0.2) is 29.5 Å². The smallest absolute Gasteiger partial charge is 0.213 e. The van der Waals surface area contributed by atoms with E-state index in [-0.39, 0.29) is 0 Å². The van der Waals surface area contributed by atoms with Crippen LogP contribution in [-0.2, 0) is 6.54 Å². The van der Waals surface area contributed by atoms with Gasteiger partial charge in [-0.15, -0.1) is 0 Å². The molecule has 4 heteroatoms. The molecule has 1 heterocycles. The molecule has 0 atom stereocenters. The number of hydrogen-bond donors (Lipinski definition) is 1. The summed E-state index contributed by atoms with van der Waals surface area (Å²) in [7, 11) is 0. The van der Waals surface area contributed by atoms with Crippen molar-refractivity contribution in [3.8, 4) is 0 Å². The number of pyridine rings is 1. The van der Waals surface area contributed by atoms with Crippen molar-refractivity contribution in [3.63, 3.8) is 0 Å². The summed E-state index contributed by atoms with van der Waals surface area (Å²) in [6.45, 7) is 5.17. The second-order valence-corrected chi connectivity index (χ2v) is 3.14. The van der Waals surface area contributed by atoms with E-state index >= 15 is 0 Å². The molecule has 78 valence electrons. The first kappa shape index (κ1) is 11.1. The monoisotopic (exact) mass is 197 g/mol. The zero-order chi connectivity index (χ0) is 10.4. The van der Waals surface area contributed by atoms with Gasteiger partial charge in [0, 0.05) is 25.8 Å². The second kappa shape index (κ2) is 5.67. The van der Waals surface area contributed by atoms with Crippen molar-refractivity contribution >= 4 is 0 Å². The Morgan fingerprint density at radius 3 is 2.93 bits per heavy atom. The van der Waals surface area contributed by atoms with Crippen LogP contribution in [0.5, 0.6) is 0 Å². The van der Waals surface area contributed by atoms with Gasteiger partial charge < -0.3 is 5.73 Å². The molecule has 14 heavy (non-hydrogen) atoms. The van der Waals surface area contributed by atoms with Crippen molar-refractivity contribution in [2.45, 2.75) is 13.5 Å². The van der Waals surface area contributed by atoms with Crippen LogP contribution in [0.15, 0.2) is 18.3 Å². The SMILES string of the molecule is CCN(CCN)Cc1ccnc(F)c1. The minimum absolute atomic E-state index is 0.425. The molecule has 0 spiro atoms. The van der Waals surface area contributed by atoms with E-state index in [4.69, 9.17) is 5.73 Å². The minimum atomic E-state index is -0.425. The second-order valence-electron chi connectivity index (χ2n) is 3.14. The molecule has 0 aliphatic heterocycles. The van der Waals surface area contributed by atoms with Crippen LogP contribution in [0.3, 0.4) is 0 Å². The number of hydrogen-bond acceptors (Lipinski definition) is 3. The van der Waals surface area contributed by atoms with Crippen LogP contribution >= 0.6 is 0 Å². The molecule has 2 N–H and O–H groups in total. The number of halogens is 1. The van der Waals surface area contributed by atoms with Gasteiger partial charge >= 0.3 is 0 Å². The van der Waals surface area contributed by atoms with E-state index < -0.39 is 5.95 Å². The van der Waals surface area contributed by atoms with E-state index in [0.29, 0.717) is 6.54 Å². The predicted octanol–water partition coefficient (Wildman–Crippen LogP) is 1.00. The minimum Gasteiger partial charge on any atom is -0.329 e. The van der Waals surface area contributed by atoms with Crippen LogP contribution < -0.4 is 5.73 Å². The summed E-state index contributed by atoms with van der Waals surface area (Å²) in [5.74, 6) is -0.425. The Bertz CT molecular complexity index is 278. The van der Waals surface area contributed by atoms with E-state index in [1.165, 1.54) is 12.3 Å². The largest absolute Gasteiger partial charge is 0.329 e. The number of likely N-dealkylation sites (N-methyl/N-ethyl adjacent to an activating group) is 1. The van der Waals surface area contributed by atoms with Gasteiger partial charge in [-0.2, -0.15) is 4.39 Å². The fraction of sp³-hybridized carbons (Fsp3) is 0.500. The highest BCUT2D eigenvalue weighted by Crippen LogP contribution is 2.04. The van der Waals surface area contributed by atoms with Crippen molar-refractivity contribution < 1.29 is 4.39 Å². The predicted molar refractivity (Wildman–Crippen MR) is 54.2 cm³/mol. The lowest BCUT2D eigenvalue weighted by Gasteiger charge is -2.19. The van der Waals surface area contributed by atoms with E-state index in [9.17, 15) is 4.39 Å². The zero-order valence-corrected chi connectivity index (χ0v) is 8.41. The Morgan fingerprint density at radius 2 is 2.36 bits per heavy atom. The maximum absolute atomic E-state index is 12.8. The first-order valence-electron chi connectivity index (χ1n) is 4.79. The summed E-state index contributed by atoms with van der Waals surface area (Å²) in [6, 6.07) is 3.28. The average Bonchev–Trinajstić information content (AvgIpc) is 2.17. The molecular weight excluding hydrogens is 181 g/mol. The van der Waals surface area contributed by atoms with Gasteiger partial charge in [0.05, 0.1) is 0 Å². The van der Waals surface area contributed by atoms with Crippen molar-refractivity contribution in [2.24, 2.45) is 5.73 Å². The van der Waals surface area contributed by atoms with Crippen molar-refractivity contribution in [1.29, 1.82) is 0 Å². The number of nitrogens with zero attached hydrogens (tertiary/aromatic N) is 2. The molecule has 0 bridgehead atoms. The Balaban J connectivity index is 2.57. The molecule has 0 aliphatic carbocycles. The van der Waals surface area contributed by atoms with Gasteiger partial charge in [0.25, 0.3) is 0 Å². The molecule has 0 fully saturated rings. The summed E-state index contributed by atoms with van der Waals surface area (Å²) in [6.07, 6.45) is 1.49. The number of nitrogens with two attached hydrogens (primary N) is 1. The van der Waals surface area contributed by atoms with Gasteiger partial charge in [0.15, 0.2) is 0 Å². The molecule has 0 aromatic carbocycles. The molecule has 1 aromatic rings. The lowest BCUT2D eigenvalue weighted by Crippen LogP contribution is -2.28. The Kier molecular flexibility index (Phi) is 4.49. The van der Waals surface area contributed by atoms with Gasteiger partial charge in [0.2, 0.25) is 5.95 Å². The summed E-state index contributed by atoms with van der Waals surface area (Å²) in [4.78, 5) is 5.67. The first-order chi connectivity index (χ1) is 6.76. The molecule has 0 aliphatic rings. The third kappa shape index (κ3) is 3.40.